The van der Waals surface area contributed by atoms with E-state index in [4.69, 9.17) is 0 Å². The van der Waals surface area contributed by atoms with Crippen LogP contribution in [-0.2, 0) is 5.41 Å². The second kappa shape index (κ2) is 11.3. The number of rotatable bonds is 6. The molecule has 2 aromatic heterocycles. The van der Waals surface area contributed by atoms with E-state index in [0.717, 1.165) is 56.0 Å². The molecule has 0 aliphatic heterocycles. The molecule has 44 heavy (non-hydrogen) atoms. The van der Waals surface area contributed by atoms with Crippen molar-refractivity contribution in [3.63, 3.8) is 0 Å². The molecule has 7 aromatic rings. The van der Waals surface area contributed by atoms with E-state index in [1.54, 1.807) is 0 Å². The fourth-order valence-corrected chi connectivity index (χ4v) is 5.66. The highest BCUT2D eigenvalue weighted by Crippen LogP contribution is 2.34. The summed E-state index contributed by atoms with van der Waals surface area (Å²) in [6, 6.07) is 44.5. The lowest BCUT2D eigenvalue weighted by atomic mass is 9.86. The zero-order valence-corrected chi connectivity index (χ0v) is 25.2. The van der Waals surface area contributed by atoms with Gasteiger partial charge in [0.2, 0.25) is 0 Å². The van der Waals surface area contributed by atoms with Gasteiger partial charge in [0.25, 0.3) is 0 Å². The van der Waals surface area contributed by atoms with Crippen molar-refractivity contribution in [2.75, 3.05) is 10.6 Å². The first-order chi connectivity index (χ1) is 21.4. The number of aromatic nitrogens is 2. The normalized spacial score (nSPS) is 11.5. The van der Waals surface area contributed by atoms with Gasteiger partial charge < -0.3 is 10.6 Å². The highest BCUT2D eigenvalue weighted by atomic mass is 14.9. The van der Waals surface area contributed by atoms with E-state index in [2.05, 4.69) is 169 Å². The Morgan fingerprint density at radius 1 is 0.455 bits per heavy atom. The summed E-state index contributed by atoms with van der Waals surface area (Å²) in [4.78, 5) is 9.37. The molecule has 0 radical (unpaired) electrons. The van der Waals surface area contributed by atoms with Crippen molar-refractivity contribution in [1.29, 1.82) is 0 Å². The summed E-state index contributed by atoms with van der Waals surface area (Å²) in [6.07, 6.45) is 3.76. The Hall–Kier alpha value is -5.48. The topological polar surface area (TPSA) is 49.8 Å². The van der Waals surface area contributed by atoms with Crippen LogP contribution < -0.4 is 10.6 Å². The summed E-state index contributed by atoms with van der Waals surface area (Å²) < 4.78 is 0. The van der Waals surface area contributed by atoms with Crippen LogP contribution in [0.25, 0.3) is 44.1 Å². The molecule has 0 aliphatic carbocycles. The Labute approximate surface area is 258 Å². The Morgan fingerprint density at radius 2 is 0.886 bits per heavy atom. The van der Waals surface area contributed by atoms with Crippen LogP contribution in [0.2, 0.25) is 0 Å². The molecule has 0 saturated carbocycles. The molecule has 0 amide bonds. The maximum Gasteiger partial charge on any atom is 0.0780 e. The number of hydrogen-bond acceptors (Lipinski definition) is 4. The van der Waals surface area contributed by atoms with Crippen LogP contribution in [0.4, 0.5) is 22.7 Å². The summed E-state index contributed by atoms with van der Waals surface area (Å²) in [7, 11) is 0. The summed E-state index contributed by atoms with van der Waals surface area (Å²) in [5.74, 6) is 0. The summed E-state index contributed by atoms with van der Waals surface area (Å²) in [5, 5.41) is 12.0. The number of nitrogens with one attached hydrogen (secondary N) is 2. The first kappa shape index (κ1) is 27.4. The van der Waals surface area contributed by atoms with Crippen molar-refractivity contribution in [3.05, 3.63) is 145 Å². The molecule has 7 rings (SSSR count). The van der Waals surface area contributed by atoms with E-state index in [-0.39, 0.29) is 5.41 Å². The molecule has 5 aromatic carbocycles. The van der Waals surface area contributed by atoms with Gasteiger partial charge in [0.15, 0.2) is 0 Å². The highest BCUT2D eigenvalue weighted by Gasteiger charge is 2.16. The van der Waals surface area contributed by atoms with Gasteiger partial charge in [-0.15, -0.1) is 0 Å². The third-order valence-corrected chi connectivity index (χ3v) is 8.04. The second-order valence-corrected chi connectivity index (χ2v) is 12.2. The average Bonchev–Trinajstić information content (AvgIpc) is 3.04. The van der Waals surface area contributed by atoms with Gasteiger partial charge in [0.1, 0.15) is 0 Å². The van der Waals surface area contributed by atoms with Gasteiger partial charge in [0.05, 0.1) is 11.4 Å². The third-order valence-electron chi connectivity index (χ3n) is 8.04. The smallest absolute Gasteiger partial charge is 0.0780 e. The van der Waals surface area contributed by atoms with Crippen LogP contribution in [0.15, 0.2) is 140 Å². The van der Waals surface area contributed by atoms with Crippen molar-refractivity contribution >= 4 is 44.3 Å². The number of pyridine rings is 2. The molecule has 2 heterocycles. The molecule has 0 bridgehead atoms. The van der Waals surface area contributed by atoms with E-state index >= 15 is 0 Å². The zero-order valence-electron chi connectivity index (χ0n) is 25.2. The molecular weight excluding hydrogens is 536 g/mol. The van der Waals surface area contributed by atoms with Gasteiger partial charge in [-0.3, -0.25) is 9.97 Å². The van der Waals surface area contributed by atoms with Crippen LogP contribution in [-0.4, -0.2) is 9.97 Å². The Bertz CT molecular complexity index is 1940. The average molecular weight is 571 g/mol. The van der Waals surface area contributed by atoms with Crippen LogP contribution in [0.5, 0.6) is 0 Å². The summed E-state index contributed by atoms with van der Waals surface area (Å²) >= 11 is 0. The van der Waals surface area contributed by atoms with Crippen molar-refractivity contribution in [2.45, 2.75) is 26.2 Å². The largest absolute Gasteiger partial charge is 0.355 e. The second-order valence-electron chi connectivity index (χ2n) is 12.2. The predicted molar refractivity (Wildman–Crippen MR) is 186 cm³/mol. The van der Waals surface area contributed by atoms with Gasteiger partial charge in [-0.25, -0.2) is 0 Å². The molecule has 4 heteroatoms. The van der Waals surface area contributed by atoms with Crippen LogP contribution >= 0.6 is 0 Å². The molecular formula is C40H34N4. The molecule has 0 saturated heterocycles. The Morgan fingerprint density at radius 3 is 1.32 bits per heavy atom. The minimum atomic E-state index is -0.0120. The molecule has 4 nitrogen and oxygen atoms in total. The van der Waals surface area contributed by atoms with Crippen LogP contribution in [0.3, 0.4) is 0 Å². The van der Waals surface area contributed by atoms with Crippen molar-refractivity contribution in [3.8, 4) is 22.5 Å². The summed E-state index contributed by atoms with van der Waals surface area (Å²) in [6.45, 7) is 6.73. The molecule has 2 N–H and O–H groups in total. The molecule has 0 unspecified atom stereocenters. The fraction of sp³-hybridized carbons (Fsp3) is 0.100. The first-order valence-electron chi connectivity index (χ1n) is 15.0. The van der Waals surface area contributed by atoms with Gasteiger partial charge in [-0.2, -0.15) is 0 Å². The number of nitrogens with zero attached hydrogens (tertiary/aromatic N) is 2. The van der Waals surface area contributed by atoms with Gasteiger partial charge in [-0.1, -0.05) is 93.6 Å². The van der Waals surface area contributed by atoms with Crippen molar-refractivity contribution < 1.29 is 0 Å². The maximum absolute atomic E-state index is 4.68. The lowest BCUT2D eigenvalue weighted by Crippen LogP contribution is -2.12. The van der Waals surface area contributed by atoms with E-state index in [1.807, 2.05) is 12.4 Å². The minimum Gasteiger partial charge on any atom is -0.355 e. The van der Waals surface area contributed by atoms with E-state index < -0.39 is 0 Å². The standard InChI is InChI=1S/C40H34N4/c1-40(2,3)31-24-34(43-32-16-12-29(13-17-32)38-36-10-6-4-8-27(36)20-22-41-38)26-35(25-31)44-33-18-14-30(15-19-33)39-37-11-7-5-9-28(37)21-23-42-39/h4-26,43-44H,1-3H3. The number of hydrogen-bond donors (Lipinski definition) is 2. The highest BCUT2D eigenvalue weighted by molar-refractivity contribution is 5.95. The fourth-order valence-electron chi connectivity index (χ4n) is 5.66. The lowest BCUT2D eigenvalue weighted by Gasteiger charge is -2.22. The Balaban J connectivity index is 1.14. The third kappa shape index (κ3) is 5.62. The predicted octanol–water partition coefficient (Wildman–Crippen LogP) is 10.9. The van der Waals surface area contributed by atoms with E-state index in [0.29, 0.717) is 0 Å². The van der Waals surface area contributed by atoms with E-state index in [1.165, 1.54) is 16.3 Å². The van der Waals surface area contributed by atoms with Gasteiger partial charge in [0, 0.05) is 57.0 Å². The van der Waals surface area contributed by atoms with Crippen molar-refractivity contribution in [2.24, 2.45) is 0 Å². The number of fused-ring (bicyclic) bond motifs is 2. The molecule has 0 spiro atoms. The van der Waals surface area contributed by atoms with Crippen molar-refractivity contribution in [1.82, 2.24) is 9.97 Å². The number of benzene rings is 5. The van der Waals surface area contributed by atoms with Crippen LogP contribution in [0.1, 0.15) is 26.3 Å². The Kier molecular flexibility index (Phi) is 7.03. The van der Waals surface area contributed by atoms with Gasteiger partial charge in [-0.05, 0) is 76.3 Å². The lowest BCUT2D eigenvalue weighted by molar-refractivity contribution is 0.591. The monoisotopic (exact) mass is 570 g/mol. The van der Waals surface area contributed by atoms with Crippen LogP contribution in [0, 0.1) is 0 Å². The summed E-state index contributed by atoms with van der Waals surface area (Å²) in [5.41, 5.74) is 9.55. The number of anilines is 4. The molecule has 0 aliphatic rings. The SMILES string of the molecule is CC(C)(C)c1cc(Nc2ccc(-c3nccc4ccccc34)cc2)cc(Nc2ccc(-c3nccc4ccccc34)cc2)c1. The van der Waals surface area contributed by atoms with E-state index in [9.17, 15) is 0 Å². The minimum absolute atomic E-state index is 0.0120. The zero-order chi connectivity index (χ0) is 30.1. The molecule has 214 valence electrons. The molecule has 0 fully saturated rings. The first-order valence-corrected chi connectivity index (χ1v) is 15.0. The molecule has 0 atom stereocenters. The maximum atomic E-state index is 4.68. The van der Waals surface area contributed by atoms with Gasteiger partial charge >= 0.3 is 0 Å². The quantitative estimate of drug-likeness (QED) is 0.209.